The number of hydrogen-bond acceptors (Lipinski definition) is 4. The number of benzene rings is 2. The first-order chi connectivity index (χ1) is 11.5. The number of halogens is 1. The molecule has 0 bridgehead atoms. The summed E-state index contributed by atoms with van der Waals surface area (Å²) in [6.45, 7) is 0.697. The molecule has 1 aliphatic rings. The number of aliphatic hydroxyl groups is 1. The van der Waals surface area contributed by atoms with Crippen LogP contribution >= 0.6 is 0 Å². The predicted molar refractivity (Wildman–Crippen MR) is 91.1 cm³/mol. The molecule has 2 aromatic carbocycles. The van der Waals surface area contributed by atoms with Gasteiger partial charge in [0.1, 0.15) is 23.8 Å². The summed E-state index contributed by atoms with van der Waals surface area (Å²) in [6, 6.07) is 15.6. The van der Waals surface area contributed by atoms with E-state index in [1.807, 2.05) is 37.4 Å². The van der Waals surface area contributed by atoms with E-state index in [1.54, 1.807) is 12.1 Å². The van der Waals surface area contributed by atoms with Gasteiger partial charge in [-0.15, -0.1) is 0 Å². The third-order valence-corrected chi connectivity index (χ3v) is 4.54. The van der Waals surface area contributed by atoms with Crippen molar-refractivity contribution in [2.24, 2.45) is 5.73 Å². The van der Waals surface area contributed by atoms with E-state index in [1.165, 1.54) is 12.1 Å². The van der Waals surface area contributed by atoms with Gasteiger partial charge in [0, 0.05) is 25.1 Å². The van der Waals surface area contributed by atoms with Gasteiger partial charge < -0.3 is 15.6 Å². The first-order valence-electron chi connectivity index (χ1n) is 8.14. The molecule has 4 nitrogen and oxygen atoms in total. The van der Waals surface area contributed by atoms with Crippen molar-refractivity contribution in [3.8, 4) is 5.75 Å². The number of nitrogens with two attached hydrogens (primary N) is 1. The highest BCUT2D eigenvalue weighted by Crippen LogP contribution is 2.28. The van der Waals surface area contributed by atoms with E-state index in [9.17, 15) is 9.50 Å². The first kappa shape index (κ1) is 16.9. The van der Waals surface area contributed by atoms with Crippen LogP contribution in [0.3, 0.4) is 0 Å². The van der Waals surface area contributed by atoms with Gasteiger partial charge in [0.05, 0.1) is 6.04 Å². The molecule has 0 aliphatic heterocycles. The summed E-state index contributed by atoms with van der Waals surface area (Å²) < 4.78 is 19.1. The lowest BCUT2D eigenvalue weighted by molar-refractivity contribution is 0.0136. The Kier molecular flexibility index (Phi) is 5.14. The highest BCUT2D eigenvalue weighted by molar-refractivity contribution is 5.23. The van der Waals surface area contributed by atoms with Crippen molar-refractivity contribution < 1.29 is 14.2 Å². The van der Waals surface area contributed by atoms with E-state index in [0.717, 1.165) is 5.56 Å². The molecule has 0 saturated heterocycles. The largest absolute Gasteiger partial charge is 0.487 e. The minimum absolute atomic E-state index is 0.202. The van der Waals surface area contributed by atoms with E-state index >= 15 is 0 Å². The number of hydrogen-bond donors (Lipinski definition) is 2. The smallest absolute Gasteiger partial charge is 0.128 e. The zero-order valence-electron chi connectivity index (χ0n) is 13.7. The van der Waals surface area contributed by atoms with Gasteiger partial charge in [-0.2, -0.15) is 0 Å². The molecule has 1 aliphatic carbocycles. The summed E-state index contributed by atoms with van der Waals surface area (Å²) in [6.07, 6.45) is -0.636. The Morgan fingerprint density at radius 3 is 2.67 bits per heavy atom. The van der Waals surface area contributed by atoms with Gasteiger partial charge in [-0.1, -0.05) is 36.4 Å². The van der Waals surface area contributed by atoms with Crippen LogP contribution in [0.4, 0.5) is 4.39 Å². The van der Waals surface area contributed by atoms with E-state index in [0.29, 0.717) is 18.7 Å². The van der Waals surface area contributed by atoms with Crippen LogP contribution < -0.4 is 10.5 Å². The number of aliphatic hydroxyl groups excluding tert-OH is 1. The van der Waals surface area contributed by atoms with Gasteiger partial charge in [0.25, 0.3) is 0 Å². The van der Waals surface area contributed by atoms with Gasteiger partial charge in [-0.25, -0.2) is 4.39 Å². The van der Waals surface area contributed by atoms with Gasteiger partial charge in [-0.05, 0) is 24.7 Å². The average molecular weight is 330 g/mol. The van der Waals surface area contributed by atoms with Crippen molar-refractivity contribution in [1.29, 1.82) is 0 Å². The van der Waals surface area contributed by atoms with Crippen LogP contribution in [0.1, 0.15) is 12.0 Å². The van der Waals surface area contributed by atoms with E-state index in [2.05, 4.69) is 4.90 Å². The van der Waals surface area contributed by atoms with Gasteiger partial charge in [-0.3, -0.25) is 4.90 Å². The molecule has 0 radical (unpaired) electrons. The Morgan fingerprint density at radius 1 is 1.21 bits per heavy atom. The van der Waals surface area contributed by atoms with Crippen molar-refractivity contribution in [3.05, 3.63) is 66.0 Å². The van der Waals surface area contributed by atoms with Crippen molar-refractivity contribution in [2.45, 2.75) is 37.3 Å². The van der Waals surface area contributed by atoms with Crippen molar-refractivity contribution in [1.82, 2.24) is 4.90 Å². The Hall–Kier alpha value is -1.95. The Labute approximate surface area is 141 Å². The van der Waals surface area contributed by atoms with Crippen LogP contribution in [0.25, 0.3) is 0 Å². The third kappa shape index (κ3) is 3.75. The average Bonchev–Trinajstić information content (AvgIpc) is 2.82. The molecular weight excluding hydrogens is 307 g/mol. The second-order valence-corrected chi connectivity index (χ2v) is 6.40. The summed E-state index contributed by atoms with van der Waals surface area (Å²) in [5.74, 6) is 0.0552. The fraction of sp³-hybridized carbons (Fsp3) is 0.368. The SMILES string of the molecule is CN(Cc1ccccc1)[C@@H]1[C@@H](O)[C@H](Oc2cccc(F)c2)C[C@H]1N. The molecular formula is C19H23FN2O2. The second kappa shape index (κ2) is 7.30. The predicted octanol–water partition coefficient (Wildman–Crippen LogP) is 2.17. The lowest BCUT2D eigenvalue weighted by Crippen LogP contribution is -2.48. The molecule has 0 amide bonds. The minimum atomic E-state index is -0.725. The summed E-state index contributed by atoms with van der Waals surface area (Å²) in [5, 5.41) is 10.7. The topological polar surface area (TPSA) is 58.7 Å². The quantitative estimate of drug-likeness (QED) is 0.882. The lowest BCUT2D eigenvalue weighted by atomic mass is 10.1. The molecule has 0 spiro atoms. The van der Waals surface area contributed by atoms with Gasteiger partial charge in [0.15, 0.2) is 0 Å². The molecule has 3 N–H and O–H groups in total. The van der Waals surface area contributed by atoms with Crippen molar-refractivity contribution >= 4 is 0 Å². The van der Waals surface area contributed by atoms with Crippen molar-refractivity contribution in [3.63, 3.8) is 0 Å². The molecule has 5 heteroatoms. The second-order valence-electron chi connectivity index (χ2n) is 6.40. The normalized spacial score (nSPS) is 26.7. The number of likely N-dealkylation sites (N-methyl/N-ethyl adjacent to an activating group) is 1. The highest BCUT2D eigenvalue weighted by atomic mass is 19.1. The summed E-state index contributed by atoms with van der Waals surface area (Å²) in [5.41, 5.74) is 7.40. The Bertz CT molecular complexity index is 667. The molecule has 4 atom stereocenters. The monoisotopic (exact) mass is 330 g/mol. The first-order valence-corrected chi connectivity index (χ1v) is 8.14. The number of rotatable bonds is 5. The zero-order valence-corrected chi connectivity index (χ0v) is 13.7. The third-order valence-electron chi connectivity index (χ3n) is 4.54. The molecule has 3 rings (SSSR count). The summed E-state index contributed by atoms with van der Waals surface area (Å²) in [4.78, 5) is 2.06. The van der Waals surface area contributed by atoms with Crippen LogP contribution in [-0.4, -0.2) is 41.3 Å². The van der Waals surface area contributed by atoms with Gasteiger partial charge >= 0.3 is 0 Å². The van der Waals surface area contributed by atoms with Crippen LogP contribution in [0.15, 0.2) is 54.6 Å². The Morgan fingerprint density at radius 2 is 1.96 bits per heavy atom. The molecule has 2 aromatic rings. The molecule has 24 heavy (non-hydrogen) atoms. The molecule has 128 valence electrons. The standard InChI is InChI=1S/C19H23FN2O2/c1-22(12-13-6-3-2-4-7-13)18-16(21)11-17(19(18)23)24-15-9-5-8-14(20)10-15/h2-10,16-19,23H,11-12,21H2,1H3/t16-,17-,18+,19+/m1/s1. The number of ether oxygens (including phenoxy) is 1. The van der Waals surface area contributed by atoms with Crippen molar-refractivity contribution in [2.75, 3.05) is 7.05 Å². The molecule has 0 aromatic heterocycles. The van der Waals surface area contributed by atoms with E-state index in [4.69, 9.17) is 10.5 Å². The van der Waals surface area contributed by atoms with Crippen LogP contribution in [0, 0.1) is 5.82 Å². The maximum Gasteiger partial charge on any atom is 0.128 e. The maximum atomic E-state index is 13.3. The zero-order chi connectivity index (χ0) is 17.1. The lowest BCUT2D eigenvalue weighted by Gasteiger charge is -2.30. The van der Waals surface area contributed by atoms with Crippen LogP contribution in [0.2, 0.25) is 0 Å². The van der Waals surface area contributed by atoms with Crippen LogP contribution in [0.5, 0.6) is 5.75 Å². The number of nitrogens with zero attached hydrogens (tertiary/aromatic N) is 1. The maximum absolute atomic E-state index is 13.3. The molecule has 0 heterocycles. The summed E-state index contributed by atoms with van der Waals surface area (Å²) >= 11 is 0. The van der Waals surface area contributed by atoms with E-state index < -0.39 is 12.2 Å². The van der Waals surface area contributed by atoms with Gasteiger partial charge in [0.2, 0.25) is 0 Å². The minimum Gasteiger partial charge on any atom is -0.487 e. The van der Waals surface area contributed by atoms with E-state index in [-0.39, 0.29) is 17.9 Å². The fourth-order valence-corrected chi connectivity index (χ4v) is 3.42. The van der Waals surface area contributed by atoms with Crippen LogP contribution in [-0.2, 0) is 6.54 Å². The fourth-order valence-electron chi connectivity index (χ4n) is 3.42. The Balaban J connectivity index is 1.67. The molecule has 1 saturated carbocycles. The molecule has 1 fully saturated rings. The summed E-state index contributed by atoms with van der Waals surface area (Å²) in [7, 11) is 1.95. The highest BCUT2D eigenvalue weighted by Gasteiger charge is 2.44. The molecule has 0 unspecified atom stereocenters.